The van der Waals surface area contributed by atoms with Crippen molar-refractivity contribution in [3.63, 3.8) is 0 Å². The zero-order valence-electron chi connectivity index (χ0n) is 10.2. The first kappa shape index (κ1) is 12.6. The summed E-state index contributed by atoms with van der Waals surface area (Å²) in [6.07, 6.45) is 1.86. The topological polar surface area (TPSA) is 96.2 Å². The van der Waals surface area contributed by atoms with Crippen LogP contribution in [-0.4, -0.2) is 29.2 Å². The van der Waals surface area contributed by atoms with Gasteiger partial charge in [0.2, 0.25) is 5.91 Å². The second-order valence-electron chi connectivity index (χ2n) is 4.64. The summed E-state index contributed by atoms with van der Waals surface area (Å²) >= 11 is 0. The molecule has 1 amide bonds. The van der Waals surface area contributed by atoms with Crippen LogP contribution in [0.5, 0.6) is 0 Å². The highest BCUT2D eigenvalue weighted by Gasteiger charge is 2.28. The molecule has 96 valence electrons. The minimum absolute atomic E-state index is 0.0673. The largest absolute Gasteiger partial charge is 0.384 e. The molecule has 0 saturated carbocycles. The Labute approximate surface area is 106 Å². The van der Waals surface area contributed by atoms with Gasteiger partial charge in [-0.2, -0.15) is 0 Å². The maximum absolute atomic E-state index is 11.3. The molecular weight excluding hydrogens is 228 g/mol. The van der Waals surface area contributed by atoms with Gasteiger partial charge >= 0.3 is 0 Å². The number of benzene rings is 1. The van der Waals surface area contributed by atoms with E-state index in [1.807, 2.05) is 24.3 Å². The van der Waals surface area contributed by atoms with E-state index in [9.17, 15) is 4.79 Å². The lowest BCUT2D eigenvalue weighted by Gasteiger charge is -2.21. The molecule has 1 fully saturated rings. The van der Waals surface area contributed by atoms with Gasteiger partial charge in [-0.25, -0.2) is 0 Å². The van der Waals surface area contributed by atoms with E-state index in [-0.39, 0.29) is 17.8 Å². The number of hydrogen-bond donors (Lipinski definition) is 3. The normalized spacial score (nSPS) is 19.9. The highest BCUT2D eigenvalue weighted by atomic mass is 16.1. The molecule has 2 rings (SSSR count). The van der Waals surface area contributed by atoms with Crippen molar-refractivity contribution in [2.75, 3.05) is 6.54 Å². The van der Waals surface area contributed by atoms with Gasteiger partial charge in [0.1, 0.15) is 5.84 Å². The van der Waals surface area contributed by atoms with Crippen LogP contribution in [-0.2, 0) is 11.3 Å². The Morgan fingerprint density at radius 2 is 2.00 bits per heavy atom. The number of nitrogens with zero attached hydrogens (tertiary/aromatic N) is 1. The van der Waals surface area contributed by atoms with Crippen molar-refractivity contribution in [3.8, 4) is 0 Å². The lowest BCUT2D eigenvalue weighted by Crippen LogP contribution is -2.39. The molecule has 0 spiro atoms. The summed E-state index contributed by atoms with van der Waals surface area (Å²) < 4.78 is 0. The molecular formula is C13H18N4O. The molecule has 1 aromatic rings. The summed E-state index contributed by atoms with van der Waals surface area (Å²) in [5, 5.41) is 7.32. The smallest absolute Gasteiger partial charge is 0.234 e. The number of amidine groups is 1. The molecule has 1 heterocycles. The van der Waals surface area contributed by atoms with Crippen molar-refractivity contribution in [3.05, 3.63) is 35.4 Å². The Morgan fingerprint density at radius 1 is 1.33 bits per heavy atom. The summed E-state index contributed by atoms with van der Waals surface area (Å²) in [5.74, 6) is -0.175. The SMILES string of the molecule is N=C(N)c1ccc(CN2CCC[C@H]2C(N)=O)cc1. The number of hydrogen-bond acceptors (Lipinski definition) is 3. The Balaban J connectivity index is 2.05. The van der Waals surface area contributed by atoms with Gasteiger partial charge in [0.25, 0.3) is 0 Å². The zero-order valence-corrected chi connectivity index (χ0v) is 10.2. The fraction of sp³-hybridized carbons (Fsp3) is 0.385. The average molecular weight is 246 g/mol. The quantitative estimate of drug-likeness (QED) is 0.530. The van der Waals surface area contributed by atoms with Crippen LogP contribution in [0, 0.1) is 5.41 Å². The molecule has 0 bridgehead atoms. The molecule has 5 nitrogen and oxygen atoms in total. The van der Waals surface area contributed by atoms with Gasteiger partial charge in [-0.1, -0.05) is 24.3 Å². The van der Waals surface area contributed by atoms with Crippen molar-refractivity contribution in [1.82, 2.24) is 4.90 Å². The molecule has 0 unspecified atom stereocenters. The first-order valence-corrected chi connectivity index (χ1v) is 6.04. The van der Waals surface area contributed by atoms with Crippen LogP contribution in [0.15, 0.2) is 24.3 Å². The lowest BCUT2D eigenvalue weighted by atomic mass is 10.1. The molecule has 1 atom stereocenters. The minimum atomic E-state index is -0.243. The van der Waals surface area contributed by atoms with Crippen LogP contribution in [0.4, 0.5) is 0 Å². The fourth-order valence-corrected chi connectivity index (χ4v) is 2.36. The van der Waals surface area contributed by atoms with E-state index in [0.29, 0.717) is 12.1 Å². The Bertz CT molecular complexity index is 455. The molecule has 1 saturated heterocycles. The van der Waals surface area contributed by atoms with Crippen LogP contribution < -0.4 is 11.5 Å². The molecule has 0 aromatic heterocycles. The zero-order chi connectivity index (χ0) is 13.1. The predicted molar refractivity (Wildman–Crippen MR) is 70.1 cm³/mol. The van der Waals surface area contributed by atoms with Gasteiger partial charge in [0.05, 0.1) is 6.04 Å². The molecule has 1 aromatic carbocycles. The van der Waals surface area contributed by atoms with Crippen LogP contribution in [0.25, 0.3) is 0 Å². The van der Waals surface area contributed by atoms with Crippen molar-refractivity contribution in [2.24, 2.45) is 11.5 Å². The van der Waals surface area contributed by atoms with E-state index < -0.39 is 0 Å². The van der Waals surface area contributed by atoms with Crippen molar-refractivity contribution in [2.45, 2.75) is 25.4 Å². The first-order valence-electron chi connectivity index (χ1n) is 6.04. The van der Waals surface area contributed by atoms with Gasteiger partial charge in [-0.3, -0.25) is 15.1 Å². The number of likely N-dealkylation sites (tertiary alicyclic amines) is 1. The summed E-state index contributed by atoms with van der Waals surface area (Å²) in [6.45, 7) is 1.62. The molecule has 5 N–H and O–H groups in total. The van der Waals surface area contributed by atoms with Crippen molar-refractivity contribution in [1.29, 1.82) is 5.41 Å². The highest BCUT2D eigenvalue weighted by molar-refractivity contribution is 5.94. The van der Waals surface area contributed by atoms with Crippen LogP contribution >= 0.6 is 0 Å². The Morgan fingerprint density at radius 3 is 2.56 bits per heavy atom. The third-order valence-electron chi connectivity index (χ3n) is 3.34. The summed E-state index contributed by atoms with van der Waals surface area (Å²) in [6, 6.07) is 7.39. The van der Waals surface area contributed by atoms with E-state index in [2.05, 4.69) is 4.90 Å². The number of nitrogens with two attached hydrogens (primary N) is 2. The highest BCUT2D eigenvalue weighted by Crippen LogP contribution is 2.19. The third-order valence-corrected chi connectivity index (χ3v) is 3.34. The second kappa shape index (κ2) is 5.18. The van der Waals surface area contributed by atoms with E-state index in [0.717, 1.165) is 24.9 Å². The monoisotopic (exact) mass is 246 g/mol. The van der Waals surface area contributed by atoms with Gasteiger partial charge in [-0.05, 0) is 24.9 Å². The number of rotatable bonds is 4. The number of nitrogens with one attached hydrogen (secondary N) is 1. The molecule has 1 aliphatic heterocycles. The van der Waals surface area contributed by atoms with Crippen LogP contribution in [0.2, 0.25) is 0 Å². The molecule has 1 aliphatic rings. The van der Waals surface area contributed by atoms with Crippen LogP contribution in [0.1, 0.15) is 24.0 Å². The maximum Gasteiger partial charge on any atom is 0.234 e. The Kier molecular flexibility index (Phi) is 3.62. The van der Waals surface area contributed by atoms with E-state index in [4.69, 9.17) is 16.9 Å². The standard InChI is InChI=1S/C13H18N4O/c14-12(15)10-5-3-9(4-6-10)8-17-7-1-2-11(17)13(16)18/h3-6,11H,1-2,7-8H2,(H3,14,15)(H2,16,18)/t11-/m0/s1. The lowest BCUT2D eigenvalue weighted by molar-refractivity contribution is -0.122. The molecule has 0 radical (unpaired) electrons. The second-order valence-corrected chi connectivity index (χ2v) is 4.64. The van der Waals surface area contributed by atoms with Gasteiger partial charge < -0.3 is 11.5 Å². The van der Waals surface area contributed by atoms with Crippen molar-refractivity contribution >= 4 is 11.7 Å². The van der Waals surface area contributed by atoms with E-state index in [1.54, 1.807) is 0 Å². The third kappa shape index (κ3) is 2.68. The van der Waals surface area contributed by atoms with E-state index >= 15 is 0 Å². The summed E-state index contributed by atoms with van der Waals surface area (Å²) in [4.78, 5) is 13.4. The molecule has 5 heteroatoms. The minimum Gasteiger partial charge on any atom is -0.384 e. The fourth-order valence-electron chi connectivity index (χ4n) is 2.36. The maximum atomic E-state index is 11.3. The number of amides is 1. The number of carbonyl (C=O) groups is 1. The number of nitrogen functional groups attached to an aromatic ring is 1. The summed E-state index contributed by atoms with van der Waals surface area (Å²) in [5.41, 5.74) is 12.6. The van der Waals surface area contributed by atoms with Gasteiger partial charge in [0, 0.05) is 12.1 Å². The van der Waals surface area contributed by atoms with Gasteiger partial charge in [0.15, 0.2) is 0 Å². The molecule has 18 heavy (non-hydrogen) atoms. The predicted octanol–water partition coefficient (Wildman–Crippen LogP) is 0.420. The average Bonchev–Trinajstić information content (AvgIpc) is 2.78. The van der Waals surface area contributed by atoms with E-state index in [1.165, 1.54) is 0 Å². The van der Waals surface area contributed by atoms with Crippen molar-refractivity contribution < 1.29 is 4.79 Å². The first-order chi connectivity index (χ1) is 8.58. The Hall–Kier alpha value is -1.88. The number of carbonyl (C=O) groups excluding carboxylic acids is 1. The molecule has 0 aliphatic carbocycles. The summed E-state index contributed by atoms with van der Waals surface area (Å²) in [7, 11) is 0. The number of primary amides is 1. The van der Waals surface area contributed by atoms with Gasteiger partial charge in [-0.15, -0.1) is 0 Å². The van der Waals surface area contributed by atoms with Crippen LogP contribution in [0.3, 0.4) is 0 Å².